The van der Waals surface area contributed by atoms with Crippen LogP contribution >= 0.6 is 0 Å². The lowest BCUT2D eigenvalue weighted by atomic mass is 9.88. The molecule has 0 heterocycles. The molecule has 1 aliphatic carbocycles. The molecule has 3 heteroatoms. The van der Waals surface area contributed by atoms with Crippen LogP contribution < -0.4 is 5.73 Å². The number of aliphatic carboxylic acids is 1. The number of rotatable bonds is 4. The molecule has 0 spiro atoms. The van der Waals surface area contributed by atoms with Crippen LogP contribution in [0.1, 0.15) is 26.2 Å². The van der Waals surface area contributed by atoms with Crippen molar-refractivity contribution in [3.63, 3.8) is 0 Å². The number of nitrogens with two attached hydrogens (primary N) is 1. The molecule has 3 nitrogen and oxygen atoms in total. The van der Waals surface area contributed by atoms with E-state index in [-0.39, 0.29) is 17.8 Å². The van der Waals surface area contributed by atoms with Gasteiger partial charge >= 0.3 is 5.97 Å². The fourth-order valence-electron chi connectivity index (χ4n) is 1.43. The quantitative estimate of drug-likeness (QED) is 0.635. The topological polar surface area (TPSA) is 63.3 Å². The Morgan fingerprint density at radius 2 is 2.27 bits per heavy atom. The molecule has 0 aromatic carbocycles. The summed E-state index contributed by atoms with van der Waals surface area (Å²) in [5, 5.41) is 8.55. The number of hydrogen-bond acceptors (Lipinski definition) is 2. The van der Waals surface area contributed by atoms with Crippen LogP contribution in [0.3, 0.4) is 0 Å². The first-order valence-corrected chi connectivity index (χ1v) is 4.00. The molecular weight excluding hydrogens is 142 g/mol. The second-order valence-corrected chi connectivity index (χ2v) is 3.68. The van der Waals surface area contributed by atoms with Gasteiger partial charge in [0.15, 0.2) is 0 Å². The van der Waals surface area contributed by atoms with Crippen molar-refractivity contribution in [1.29, 1.82) is 0 Å². The smallest absolute Gasteiger partial charge is 0.303 e. The molecule has 0 aliphatic heterocycles. The molecule has 0 radical (unpaired) electrons. The van der Waals surface area contributed by atoms with Gasteiger partial charge in [0.25, 0.3) is 0 Å². The average Bonchev–Trinajstić information content (AvgIpc) is 2.63. The predicted octanol–water partition coefficient (Wildman–Crippen LogP) is 0.836. The zero-order valence-corrected chi connectivity index (χ0v) is 6.84. The van der Waals surface area contributed by atoms with E-state index >= 15 is 0 Å². The first-order valence-electron chi connectivity index (χ1n) is 4.00. The highest BCUT2D eigenvalue weighted by atomic mass is 16.4. The van der Waals surface area contributed by atoms with Crippen LogP contribution in [0.2, 0.25) is 0 Å². The third-order valence-corrected chi connectivity index (χ3v) is 2.73. The summed E-state index contributed by atoms with van der Waals surface area (Å²) in [5.41, 5.74) is 5.73. The minimum atomic E-state index is -0.728. The van der Waals surface area contributed by atoms with Crippen molar-refractivity contribution < 1.29 is 9.90 Å². The van der Waals surface area contributed by atoms with E-state index in [1.165, 1.54) is 0 Å². The molecule has 1 fully saturated rings. The lowest BCUT2D eigenvalue weighted by Crippen LogP contribution is -2.25. The van der Waals surface area contributed by atoms with E-state index < -0.39 is 5.97 Å². The minimum Gasteiger partial charge on any atom is -0.481 e. The fraction of sp³-hybridized carbons (Fsp3) is 0.875. The Hall–Kier alpha value is -0.570. The second-order valence-electron chi connectivity index (χ2n) is 3.68. The Balaban J connectivity index is 2.43. The summed E-state index contributed by atoms with van der Waals surface area (Å²) in [4.78, 5) is 10.4. The molecule has 1 rings (SSSR count). The van der Waals surface area contributed by atoms with Gasteiger partial charge in [0.2, 0.25) is 0 Å². The molecule has 1 aliphatic rings. The second kappa shape index (κ2) is 2.81. The van der Waals surface area contributed by atoms with Crippen LogP contribution in [-0.4, -0.2) is 17.6 Å². The summed E-state index contributed by atoms with van der Waals surface area (Å²) in [6.45, 7) is 2.62. The van der Waals surface area contributed by atoms with Gasteiger partial charge in [0, 0.05) is 6.42 Å². The van der Waals surface area contributed by atoms with Crippen molar-refractivity contribution in [2.45, 2.75) is 26.2 Å². The van der Waals surface area contributed by atoms with Crippen molar-refractivity contribution >= 4 is 5.97 Å². The van der Waals surface area contributed by atoms with Crippen LogP contribution in [0.5, 0.6) is 0 Å². The summed E-state index contributed by atoms with van der Waals surface area (Å²) in [6, 6.07) is 0. The van der Waals surface area contributed by atoms with Gasteiger partial charge in [0.05, 0.1) is 0 Å². The van der Waals surface area contributed by atoms with Gasteiger partial charge in [-0.05, 0) is 30.7 Å². The SMILES string of the molecule is CC1(C(CN)CC(=O)O)CC1. The van der Waals surface area contributed by atoms with Gasteiger partial charge in [0.1, 0.15) is 0 Å². The van der Waals surface area contributed by atoms with Crippen LogP contribution in [0.25, 0.3) is 0 Å². The van der Waals surface area contributed by atoms with Gasteiger partial charge in [-0.25, -0.2) is 0 Å². The minimum absolute atomic E-state index is 0.181. The molecule has 1 atom stereocenters. The first kappa shape index (κ1) is 8.53. The van der Waals surface area contributed by atoms with Gasteiger partial charge in [-0.15, -0.1) is 0 Å². The van der Waals surface area contributed by atoms with E-state index in [4.69, 9.17) is 10.8 Å². The lowest BCUT2D eigenvalue weighted by Gasteiger charge is -2.19. The summed E-state index contributed by atoms with van der Waals surface area (Å²) >= 11 is 0. The third kappa shape index (κ3) is 1.93. The third-order valence-electron chi connectivity index (χ3n) is 2.73. The van der Waals surface area contributed by atoms with Crippen LogP contribution in [-0.2, 0) is 4.79 Å². The van der Waals surface area contributed by atoms with Crippen LogP contribution in [0.15, 0.2) is 0 Å². The summed E-state index contributed by atoms with van der Waals surface area (Å²) in [7, 11) is 0. The molecule has 0 amide bonds. The van der Waals surface area contributed by atoms with E-state index in [0.717, 1.165) is 12.8 Å². The monoisotopic (exact) mass is 157 g/mol. The number of carboxylic acid groups (broad SMARTS) is 1. The maximum atomic E-state index is 10.4. The van der Waals surface area contributed by atoms with E-state index in [1.54, 1.807) is 0 Å². The van der Waals surface area contributed by atoms with Crippen LogP contribution in [0.4, 0.5) is 0 Å². The largest absolute Gasteiger partial charge is 0.481 e. The fourth-order valence-corrected chi connectivity index (χ4v) is 1.43. The maximum Gasteiger partial charge on any atom is 0.303 e. The molecular formula is C8H15NO2. The Bertz CT molecular complexity index is 163. The molecule has 0 aromatic heterocycles. The molecule has 1 saturated carbocycles. The zero-order valence-electron chi connectivity index (χ0n) is 6.84. The highest BCUT2D eigenvalue weighted by Crippen LogP contribution is 2.52. The van der Waals surface area contributed by atoms with Gasteiger partial charge in [-0.3, -0.25) is 4.79 Å². The average molecular weight is 157 g/mol. The lowest BCUT2D eigenvalue weighted by molar-refractivity contribution is -0.138. The van der Waals surface area contributed by atoms with Gasteiger partial charge in [-0.1, -0.05) is 6.92 Å². The highest BCUT2D eigenvalue weighted by Gasteiger charge is 2.44. The molecule has 64 valence electrons. The maximum absolute atomic E-state index is 10.4. The zero-order chi connectivity index (χ0) is 8.48. The summed E-state index contributed by atoms with van der Waals surface area (Å²) in [5.74, 6) is -0.548. The summed E-state index contributed by atoms with van der Waals surface area (Å²) < 4.78 is 0. The molecule has 1 unspecified atom stereocenters. The number of carboxylic acids is 1. The Kier molecular flexibility index (Phi) is 2.18. The molecule has 3 N–H and O–H groups in total. The number of carbonyl (C=O) groups is 1. The van der Waals surface area contributed by atoms with E-state index in [2.05, 4.69) is 6.92 Å². The number of hydrogen-bond donors (Lipinski definition) is 2. The molecule has 0 aromatic rings. The van der Waals surface area contributed by atoms with Crippen molar-refractivity contribution in [3.05, 3.63) is 0 Å². The van der Waals surface area contributed by atoms with Crippen molar-refractivity contribution in [2.24, 2.45) is 17.1 Å². The predicted molar refractivity (Wildman–Crippen MR) is 42.1 cm³/mol. The van der Waals surface area contributed by atoms with Crippen molar-refractivity contribution in [3.8, 4) is 0 Å². The van der Waals surface area contributed by atoms with Gasteiger partial charge < -0.3 is 10.8 Å². The summed E-state index contributed by atoms with van der Waals surface area (Å²) in [6.07, 6.45) is 2.51. The van der Waals surface area contributed by atoms with E-state index in [0.29, 0.717) is 6.54 Å². The normalized spacial score (nSPS) is 22.7. The van der Waals surface area contributed by atoms with E-state index in [1.807, 2.05) is 0 Å². The van der Waals surface area contributed by atoms with Crippen LogP contribution in [0, 0.1) is 11.3 Å². The molecule has 0 bridgehead atoms. The van der Waals surface area contributed by atoms with Gasteiger partial charge in [-0.2, -0.15) is 0 Å². The Morgan fingerprint density at radius 3 is 2.55 bits per heavy atom. The standard InChI is InChI=1S/C8H15NO2/c1-8(2-3-8)6(5-9)4-7(10)11/h6H,2-5,9H2,1H3,(H,10,11). The van der Waals surface area contributed by atoms with Crippen molar-refractivity contribution in [1.82, 2.24) is 0 Å². The van der Waals surface area contributed by atoms with E-state index in [9.17, 15) is 4.79 Å². The highest BCUT2D eigenvalue weighted by molar-refractivity contribution is 5.67. The Morgan fingerprint density at radius 1 is 1.73 bits per heavy atom. The Labute approximate surface area is 66.6 Å². The van der Waals surface area contributed by atoms with Crippen molar-refractivity contribution in [2.75, 3.05) is 6.54 Å². The molecule has 0 saturated heterocycles. The first-order chi connectivity index (χ1) is 5.08. The molecule has 11 heavy (non-hydrogen) atoms.